The number of piperidine rings is 1. The van der Waals surface area contributed by atoms with Gasteiger partial charge >= 0.3 is 5.97 Å². The Bertz CT molecular complexity index is 274. The van der Waals surface area contributed by atoms with Gasteiger partial charge in [-0.15, -0.1) is 0 Å². The van der Waals surface area contributed by atoms with E-state index in [0.717, 1.165) is 45.2 Å². The summed E-state index contributed by atoms with van der Waals surface area (Å²) in [5, 5.41) is 18.7. The lowest BCUT2D eigenvalue weighted by Gasteiger charge is -2.41. The number of likely N-dealkylation sites (tertiary alicyclic amines) is 1. The Morgan fingerprint density at radius 2 is 1.82 bits per heavy atom. The highest BCUT2D eigenvalue weighted by Crippen LogP contribution is 2.30. The number of carboxylic acids is 1. The van der Waals surface area contributed by atoms with Crippen molar-refractivity contribution in [2.24, 2.45) is 11.8 Å². The van der Waals surface area contributed by atoms with Gasteiger partial charge < -0.3 is 10.2 Å². The van der Waals surface area contributed by atoms with Gasteiger partial charge in [-0.1, -0.05) is 6.92 Å². The van der Waals surface area contributed by atoms with Gasteiger partial charge in [0.2, 0.25) is 0 Å². The minimum atomic E-state index is -0.633. The molecule has 1 aliphatic carbocycles. The fourth-order valence-corrected chi connectivity index (χ4v) is 3.19. The molecule has 0 aromatic heterocycles. The van der Waals surface area contributed by atoms with Crippen LogP contribution in [0.3, 0.4) is 0 Å². The summed E-state index contributed by atoms with van der Waals surface area (Å²) in [5.74, 6) is -0.411. The summed E-state index contributed by atoms with van der Waals surface area (Å²) in [6.45, 7) is 4.02. The Labute approximate surface area is 103 Å². The molecule has 2 rings (SSSR count). The standard InChI is InChI=1S/C13H23NO3/c1-9-8-14(7-6-12(9)15)11-4-2-10(3-5-11)13(16)17/h9-12,15H,2-8H2,1H3,(H,16,17)/t9-,10?,11?,12+/m0/s1. The average molecular weight is 241 g/mol. The lowest BCUT2D eigenvalue weighted by atomic mass is 9.84. The maximum absolute atomic E-state index is 10.9. The summed E-state index contributed by atoms with van der Waals surface area (Å²) < 4.78 is 0. The number of hydrogen-bond acceptors (Lipinski definition) is 3. The third-order valence-electron chi connectivity index (χ3n) is 4.45. The maximum Gasteiger partial charge on any atom is 0.306 e. The second-order valence-corrected chi connectivity index (χ2v) is 5.67. The Hall–Kier alpha value is -0.610. The van der Waals surface area contributed by atoms with E-state index in [9.17, 15) is 9.90 Å². The van der Waals surface area contributed by atoms with E-state index >= 15 is 0 Å². The van der Waals surface area contributed by atoms with E-state index in [2.05, 4.69) is 11.8 Å². The zero-order valence-corrected chi connectivity index (χ0v) is 10.5. The van der Waals surface area contributed by atoms with E-state index in [1.54, 1.807) is 0 Å². The SMILES string of the molecule is C[C@H]1CN(C2CCC(C(=O)O)CC2)CC[C@H]1O. The number of aliphatic hydroxyl groups excluding tert-OH is 1. The Balaban J connectivity index is 1.83. The van der Waals surface area contributed by atoms with Gasteiger partial charge in [0.05, 0.1) is 12.0 Å². The van der Waals surface area contributed by atoms with E-state index in [0.29, 0.717) is 12.0 Å². The van der Waals surface area contributed by atoms with Crippen molar-refractivity contribution in [1.82, 2.24) is 4.90 Å². The summed E-state index contributed by atoms with van der Waals surface area (Å²) in [6, 6.07) is 0.542. The van der Waals surface area contributed by atoms with Crippen LogP contribution in [0.5, 0.6) is 0 Å². The number of carbonyl (C=O) groups is 1. The number of hydrogen-bond donors (Lipinski definition) is 2. The van der Waals surface area contributed by atoms with Gasteiger partial charge in [0.15, 0.2) is 0 Å². The molecule has 2 fully saturated rings. The number of carboxylic acid groups (broad SMARTS) is 1. The van der Waals surface area contributed by atoms with Gasteiger partial charge in [-0.05, 0) is 38.0 Å². The van der Waals surface area contributed by atoms with Crippen LogP contribution in [0, 0.1) is 11.8 Å². The zero-order chi connectivity index (χ0) is 12.4. The predicted octanol–water partition coefficient (Wildman–Crippen LogP) is 1.33. The van der Waals surface area contributed by atoms with Crippen molar-refractivity contribution in [1.29, 1.82) is 0 Å². The fraction of sp³-hybridized carbons (Fsp3) is 0.923. The molecule has 0 radical (unpaired) electrons. The molecule has 17 heavy (non-hydrogen) atoms. The lowest BCUT2D eigenvalue weighted by molar-refractivity contribution is -0.143. The Morgan fingerprint density at radius 3 is 2.35 bits per heavy atom. The first-order valence-corrected chi connectivity index (χ1v) is 6.73. The topological polar surface area (TPSA) is 60.8 Å². The molecule has 4 nitrogen and oxygen atoms in total. The highest BCUT2D eigenvalue weighted by atomic mass is 16.4. The molecule has 0 unspecified atom stereocenters. The van der Waals surface area contributed by atoms with Crippen LogP contribution in [-0.4, -0.2) is 46.3 Å². The molecular formula is C13H23NO3. The molecule has 1 aliphatic heterocycles. The molecular weight excluding hydrogens is 218 g/mol. The molecule has 0 aromatic carbocycles. The molecule has 98 valence electrons. The van der Waals surface area contributed by atoms with E-state index in [4.69, 9.17) is 5.11 Å². The van der Waals surface area contributed by atoms with E-state index in [-0.39, 0.29) is 12.0 Å². The molecule has 1 saturated heterocycles. The van der Waals surface area contributed by atoms with Crippen molar-refractivity contribution < 1.29 is 15.0 Å². The number of aliphatic carboxylic acids is 1. The third kappa shape index (κ3) is 2.99. The van der Waals surface area contributed by atoms with Gasteiger partial charge in [0.1, 0.15) is 0 Å². The first-order chi connectivity index (χ1) is 8.08. The van der Waals surface area contributed by atoms with Crippen molar-refractivity contribution in [3.05, 3.63) is 0 Å². The summed E-state index contributed by atoms with van der Waals surface area (Å²) >= 11 is 0. The molecule has 0 amide bonds. The normalized spacial score (nSPS) is 40.1. The quantitative estimate of drug-likeness (QED) is 0.765. The summed E-state index contributed by atoms with van der Waals surface area (Å²) in [5.41, 5.74) is 0. The van der Waals surface area contributed by atoms with Crippen LogP contribution in [0.1, 0.15) is 39.0 Å². The summed E-state index contributed by atoms with van der Waals surface area (Å²) in [4.78, 5) is 13.3. The van der Waals surface area contributed by atoms with Crippen LogP contribution >= 0.6 is 0 Å². The Kier molecular flexibility index (Phi) is 4.05. The molecule has 0 spiro atoms. The van der Waals surface area contributed by atoms with E-state index < -0.39 is 5.97 Å². The van der Waals surface area contributed by atoms with Crippen LogP contribution in [-0.2, 0) is 4.79 Å². The fourth-order valence-electron chi connectivity index (χ4n) is 3.19. The first-order valence-electron chi connectivity index (χ1n) is 6.73. The van der Waals surface area contributed by atoms with Crippen LogP contribution < -0.4 is 0 Å². The molecule has 4 heteroatoms. The summed E-state index contributed by atoms with van der Waals surface area (Å²) in [7, 11) is 0. The predicted molar refractivity (Wildman–Crippen MR) is 64.7 cm³/mol. The molecule has 2 N–H and O–H groups in total. The molecule has 0 bridgehead atoms. The van der Waals surface area contributed by atoms with Gasteiger partial charge in [0, 0.05) is 19.1 Å². The second kappa shape index (κ2) is 5.36. The van der Waals surface area contributed by atoms with E-state index in [1.165, 1.54) is 0 Å². The van der Waals surface area contributed by atoms with Gasteiger partial charge in [0.25, 0.3) is 0 Å². The highest BCUT2D eigenvalue weighted by molar-refractivity contribution is 5.70. The number of nitrogens with zero attached hydrogens (tertiary/aromatic N) is 1. The zero-order valence-electron chi connectivity index (χ0n) is 10.5. The Morgan fingerprint density at radius 1 is 1.18 bits per heavy atom. The largest absolute Gasteiger partial charge is 0.481 e. The van der Waals surface area contributed by atoms with Crippen molar-refractivity contribution in [3.63, 3.8) is 0 Å². The first kappa shape index (κ1) is 12.8. The van der Waals surface area contributed by atoms with Crippen LogP contribution in [0.25, 0.3) is 0 Å². The van der Waals surface area contributed by atoms with Gasteiger partial charge in [-0.3, -0.25) is 9.69 Å². The lowest BCUT2D eigenvalue weighted by Crippen LogP contribution is -2.48. The minimum absolute atomic E-state index is 0.126. The van der Waals surface area contributed by atoms with Crippen molar-refractivity contribution in [2.45, 2.75) is 51.2 Å². The maximum atomic E-state index is 10.9. The monoisotopic (exact) mass is 241 g/mol. The smallest absolute Gasteiger partial charge is 0.306 e. The van der Waals surface area contributed by atoms with Crippen molar-refractivity contribution in [2.75, 3.05) is 13.1 Å². The highest BCUT2D eigenvalue weighted by Gasteiger charge is 2.32. The molecule has 2 aliphatic rings. The molecule has 1 saturated carbocycles. The van der Waals surface area contributed by atoms with Crippen LogP contribution in [0.15, 0.2) is 0 Å². The van der Waals surface area contributed by atoms with E-state index in [1.807, 2.05) is 0 Å². The number of aliphatic hydroxyl groups is 1. The van der Waals surface area contributed by atoms with Crippen molar-refractivity contribution in [3.8, 4) is 0 Å². The molecule has 2 atom stereocenters. The second-order valence-electron chi connectivity index (χ2n) is 5.67. The third-order valence-corrected chi connectivity index (χ3v) is 4.45. The number of rotatable bonds is 2. The van der Waals surface area contributed by atoms with Crippen LogP contribution in [0.2, 0.25) is 0 Å². The summed E-state index contributed by atoms with van der Waals surface area (Å²) in [6.07, 6.45) is 4.34. The average Bonchev–Trinajstić information content (AvgIpc) is 2.33. The van der Waals surface area contributed by atoms with Gasteiger partial charge in [-0.25, -0.2) is 0 Å². The molecule has 0 aromatic rings. The van der Waals surface area contributed by atoms with Gasteiger partial charge in [-0.2, -0.15) is 0 Å². The molecule has 1 heterocycles. The van der Waals surface area contributed by atoms with Crippen molar-refractivity contribution >= 4 is 5.97 Å². The van der Waals surface area contributed by atoms with Crippen LogP contribution in [0.4, 0.5) is 0 Å². The minimum Gasteiger partial charge on any atom is -0.481 e.